The van der Waals surface area contributed by atoms with E-state index in [-0.39, 0.29) is 26.4 Å². The van der Waals surface area contributed by atoms with Crippen molar-refractivity contribution in [3.05, 3.63) is 103 Å². The van der Waals surface area contributed by atoms with E-state index >= 15 is 0 Å². The smallest absolute Gasteiger partial charge is 0.240 e. The molecule has 228 valence electrons. The van der Waals surface area contributed by atoms with Gasteiger partial charge < -0.3 is 52.1 Å². The van der Waals surface area contributed by atoms with Crippen LogP contribution >= 0.6 is 0 Å². The second-order valence-corrected chi connectivity index (χ2v) is 8.60. The molecule has 2 aliphatic rings. The molecule has 2 saturated heterocycles. The van der Waals surface area contributed by atoms with Crippen molar-refractivity contribution in [2.24, 2.45) is 5.92 Å². The van der Waals surface area contributed by atoms with Crippen molar-refractivity contribution in [2.45, 2.75) is 55.1 Å². The maximum absolute atomic E-state index is 6.32. The van der Waals surface area contributed by atoms with Crippen LogP contribution in [0.15, 0.2) is 103 Å². The molecule has 0 saturated carbocycles. The molecular formula is C30H42O11. The molecule has 2 fully saturated rings. The van der Waals surface area contributed by atoms with E-state index in [4.69, 9.17) is 52.1 Å². The molecule has 0 amide bonds. The van der Waals surface area contributed by atoms with Gasteiger partial charge in [-0.15, -0.1) is 0 Å². The molecule has 0 aliphatic carbocycles. The first kappa shape index (κ1) is 33.4. The van der Waals surface area contributed by atoms with Crippen LogP contribution < -0.4 is 0 Å². The van der Waals surface area contributed by atoms with Gasteiger partial charge in [0.1, 0.15) is 37.6 Å². The zero-order valence-electron chi connectivity index (χ0n) is 23.4. The first-order chi connectivity index (χ1) is 20.0. The lowest BCUT2D eigenvalue weighted by molar-refractivity contribution is -0.285. The summed E-state index contributed by atoms with van der Waals surface area (Å²) in [6, 6.07) is 0. The number of rotatable bonds is 22. The maximum Gasteiger partial charge on any atom is 0.240 e. The monoisotopic (exact) mass is 578 g/mol. The quantitative estimate of drug-likeness (QED) is 0.173. The highest BCUT2D eigenvalue weighted by atomic mass is 16.7. The van der Waals surface area contributed by atoms with E-state index in [9.17, 15) is 0 Å². The third-order valence-electron chi connectivity index (χ3n) is 6.38. The Hall–Kier alpha value is -3.80. The van der Waals surface area contributed by atoms with Crippen molar-refractivity contribution in [2.75, 3.05) is 26.4 Å². The van der Waals surface area contributed by atoms with Gasteiger partial charge in [-0.2, -0.15) is 0 Å². The lowest BCUT2D eigenvalue weighted by Crippen LogP contribution is -2.61. The summed E-state index contributed by atoms with van der Waals surface area (Å²) in [4.78, 5) is 0. The minimum Gasteiger partial charge on any atom is -0.499 e. The highest BCUT2D eigenvalue weighted by Gasteiger charge is 2.52. The Morgan fingerprint density at radius 2 is 0.878 bits per heavy atom. The molecule has 0 bridgehead atoms. The van der Waals surface area contributed by atoms with Crippen LogP contribution in [0, 0.1) is 5.92 Å². The molecule has 10 atom stereocenters. The van der Waals surface area contributed by atoms with Crippen molar-refractivity contribution in [1.82, 2.24) is 0 Å². The second kappa shape index (κ2) is 18.5. The summed E-state index contributed by atoms with van der Waals surface area (Å²) < 4.78 is 64.1. The van der Waals surface area contributed by atoms with Crippen LogP contribution in [0.2, 0.25) is 0 Å². The molecule has 2 rings (SSSR count). The Kier molecular flexibility index (Phi) is 15.1. The molecule has 0 aromatic carbocycles. The standard InChI is InChI=1S/C30H42O11/c1-9-31-18-22-21(25(34-11-3)29(38-15-7)30(41-22)39-16-8)17-33-20-24-27(36-13-5)28(37-14-6)26(35-12-4)23(40-24)19-32-10-2/h9-16,21-30H,1-8,17-20H2. The largest absolute Gasteiger partial charge is 0.499 e. The summed E-state index contributed by atoms with van der Waals surface area (Å²) >= 11 is 0. The first-order valence-electron chi connectivity index (χ1n) is 13.0. The van der Waals surface area contributed by atoms with E-state index in [1.54, 1.807) is 0 Å². The predicted octanol–water partition coefficient (Wildman–Crippen LogP) is 4.24. The molecule has 41 heavy (non-hydrogen) atoms. The second-order valence-electron chi connectivity index (χ2n) is 8.60. The van der Waals surface area contributed by atoms with Gasteiger partial charge in [0.25, 0.3) is 0 Å². The van der Waals surface area contributed by atoms with E-state index in [0.717, 1.165) is 0 Å². The van der Waals surface area contributed by atoms with E-state index in [2.05, 4.69) is 52.6 Å². The average Bonchev–Trinajstić information content (AvgIpc) is 2.96. The number of ether oxygens (including phenoxy) is 11. The Bertz CT molecular complexity index is 861. The lowest BCUT2D eigenvalue weighted by atomic mass is 9.89. The summed E-state index contributed by atoms with van der Waals surface area (Å²) in [5, 5.41) is 0. The predicted molar refractivity (Wildman–Crippen MR) is 151 cm³/mol. The number of hydrogen-bond acceptors (Lipinski definition) is 11. The third-order valence-corrected chi connectivity index (χ3v) is 6.38. The summed E-state index contributed by atoms with van der Waals surface area (Å²) in [5.74, 6) is -0.415. The SMILES string of the molecule is C=COCC1OC(OC=C)C(OC=C)C(OC=C)C1COCC1OC(COC=C)C(OC=C)C(OC=C)C1OC=C. The van der Waals surface area contributed by atoms with Crippen LogP contribution in [-0.4, -0.2) is 81.5 Å². The number of hydrogen-bond donors (Lipinski definition) is 0. The van der Waals surface area contributed by atoms with E-state index in [1.165, 1.54) is 50.1 Å². The molecule has 0 aromatic heterocycles. The fraction of sp³-hybridized carbons (Fsp3) is 0.467. The van der Waals surface area contributed by atoms with Crippen LogP contribution in [0.25, 0.3) is 0 Å². The summed E-state index contributed by atoms with van der Waals surface area (Å²) in [5.41, 5.74) is 0. The molecular weight excluding hydrogens is 536 g/mol. The van der Waals surface area contributed by atoms with E-state index in [1.807, 2.05) is 0 Å². The highest BCUT2D eigenvalue weighted by molar-refractivity contribution is 4.99. The van der Waals surface area contributed by atoms with Gasteiger partial charge in [-0.1, -0.05) is 52.6 Å². The van der Waals surface area contributed by atoms with Crippen molar-refractivity contribution in [1.29, 1.82) is 0 Å². The van der Waals surface area contributed by atoms with Crippen LogP contribution in [0.3, 0.4) is 0 Å². The van der Waals surface area contributed by atoms with Crippen LogP contribution in [0.1, 0.15) is 0 Å². The van der Waals surface area contributed by atoms with Crippen molar-refractivity contribution < 1.29 is 52.1 Å². The van der Waals surface area contributed by atoms with E-state index in [0.29, 0.717) is 0 Å². The van der Waals surface area contributed by atoms with Gasteiger partial charge in [-0.25, -0.2) is 0 Å². The minimum absolute atomic E-state index is 0.0762. The minimum atomic E-state index is -0.860. The van der Waals surface area contributed by atoms with E-state index < -0.39 is 61.0 Å². The van der Waals surface area contributed by atoms with Crippen molar-refractivity contribution in [3.63, 3.8) is 0 Å². The van der Waals surface area contributed by atoms with Gasteiger partial charge >= 0.3 is 0 Å². The van der Waals surface area contributed by atoms with Gasteiger partial charge in [0, 0.05) is 0 Å². The average molecular weight is 579 g/mol. The lowest BCUT2D eigenvalue weighted by Gasteiger charge is -2.45. The molecule has 0 radical (unpaired) electrons. The van der Waals surface area contributed by atoms with Gasteiger partial charge in [-0.3, -0.25) is 0 Å². The van der Waals surface area contributed by atoms with Crippen LogP contribution in [-0.2, 0) is 52.1 Å². The Balaban J connectivity index is 2.30. The van der Waals surface area contributed by atoms with Crippen molar-refractivity contribution in [3.8, 4) is 0 Å². The Labute approximate surface area is 242 Å². The maximum atomic E-state index is 6.32. The zero-order chi connectivity index (χ0) is 30.0. The molecule has 11 heteroatoms. The summed E-state index contributed by atoms with van der Waals surface area (Å²) in [6.45, 7) is 29.7. The third kappa shape index (κ3) is 9.10. The molecule has 0 aromatic rings. The van der Waals surface area contributed by atoms with Gasteiger partial charge in [0.15, 0.2) is 24.4 Å². The Morgan fingerprint density at radius 3 is 1.41 bits per heavy atom. The Morgan fingerprint density at radius 1 is 0.415 bits per heavy atom. The molecule has 2 aliphatic heterocycles. The fourth-order valence-corrected chi connectivity index (χ4v) is 4.79. The van der Waals surface area contributed by atoms with Gasteiger partial charge in [-0.05, 0) is 0 Å². The van der Waals surface area contributed by atoms with Gasteiger partial charge in [0.2, 0.25) is 6.29 Å². The molecule has 11 nitrogen and oxygen atoms in total. The van der Waals surface area contributed by atoms with Gasteiger partial charge in [0.05, 0.1) is 69.2 Å². The first-order valence-corrected chi connectivity index (χ1v) is 13.0. The molecule has 0 spiro atoms. The van der Waals surface area contributed by atoms with Crippen LogP contribution in [0.4, 0.5) is 0 Å². The fourth-order valence-electron chi connectivity index (χ4n) is 4.79. The summed E-state index contributed by atoms with van der Waals surface area (Å²) in [7, 11) is 0. The normalized spacial score (nSPS) is 32.5. The molecule has 0 N–H and O–H groups in total. The molecule has 2 heterocycles. The zero-order valence-corrected chi connectivity index (χ0v) is 23.4. The molecule has 10 unspecified atom stereocenters. The van der Waals surface area contributed by atoms with Crippen molar-refractivity contribution >= 4 is 0 Å². The topological polar surface area (TPSA) is 102 Å². The highest BCUT2D eigenvalue weighted by Crippen LogP contribution is 2.33. The summed E-state index contributed by atoms with van der Waals surface area (Å²) in [6.07, 6.45) is 4.46. The van der Waals surface area contributed by atoms with Crippen LogP contribution in [0.5, 0.6) is 0 Å².